The van der Waals surface area contributed by atoms with E-state index < -0.39 is 0 Å². The van der Waals surface area contributed by atoms with Crippen molar-refractivity contribution in [1.29, 1.82) is 0 Å². The Labute approximate surface area is 122 Å². The molecule has 0 saturated heterocycles. The normalized spacial score (nSPS) is 16.8. The van der Waals surface area contributed by atoms with Crippen molar-refractivity contribution in [3.8, 4) is 0 Å². The van der Waals surface area contributed by atoms with E-state index in [-0.39, 0.29) is 5.90 Å². The van der Waals surface area contributed by atoms with E-state index in [2.05, 4.69) is 35.4 Å². The second kappa shape index (κ2) is 4.70. The maximum atomic E-state index is 11.3. The predicted molar refractivity (Wildman–Crippen MR) is 83.8 cm³/mol. The SMILES string of the molecule is [O-]C1=N[N+](=Cc2c3ccccc3cc3ccccc23)CC1. The van der Waals surface area contributed by atoms with Crippen molar-refractivity contribution in [3.63, 3.8) is 0 Å². The minimum Gasteiger partial charge on any atom is -0.857 e. The van der Waals surface area contributed by atoms with Crippen molar-refractivity contribution in [2.24, 2.45) is 5.10 Å². The van der Waals surface area contributed by atoms with Crippen LogP contribution in [0.4, 0.5) is 0 Å². The second-order valence-electron chi connectivity index (χ2n) is 5.27. The number of nitrogens with zero attached hydrogens (tertiary/aromatic N) is 2. The van der Waals surface area contributed by atoms with Crippen LogP contribution >= 0.6 is 0 Å². The van der Waals surface area contributed by atoms with Gasteiger partial charge in [0, 0.05) is 12.3 Å². The molecule has 0 bridgehead atoms. The zero-order valence-corrected chi connectivity index (χ0v) is 11.5. The van der Waals surface area contributed by atoms with Crippen LogP contribution in [0.3, 0.4) is 0 Å². The molecule has 3 heteroatoms. The molecule has 3 nitrogen and oxygen atoms in total. The van der Waals surface area contributed by atoms with Gasteiger partial charge in [0.15, 0.2) is 6.54 Å². The molecule has 0 aromatic heterocycles. The van der Waals surface area contributed by atoms with E-state index in [0.717, 1.165) is 5.56 Å². The van der Waals surface area contributed by atoms with Gasteiger partial charge >= 0.3 is 0 Å². The third-order valence-electron chi connectivity index (χ3n) is 3.89. The van der Waals surface area contributed by atoms with Crippen LogP contribution in [0.1, 0.15) is 12.0 Å². The van der Waals surface area contributed by atoms with Gasteiger partial charge in [-0.2, -0.15) is 0 Å². The fourth-order valence-corrected chi connectivity index (χ4v) is 2.88. The molecule has 0 N–H and O–H groups in total. The Morgan fingerprint density at radius 3 is 2.14 bits per heavy atom. The van der Waals surface area contributed by atoms with Gasteiger partial charge in [-0.15, -0.1) is 0 Å². The molecule has 0 spiro atoms. The minimum absolute atomic E-state index is 0.0456. The van der Waals surface area contributed by atoms with Gasteiger partial charge < -0.3 is 5.11 Å². The Bertz CT molecular complexity index is 855. The topological polar surface area (TPSA) is 38.4 Å². The summed E-state index contributed by atoms with van der Waals surface area (Å²) in [7, 11) is 0. The van der Waals surface area contributed by atoms with Crippen LogP contribution in [0.25, 0.3) is 21.5 Å². The van der Waals surface area contributed by atoms with Crippen LogP contribution in [0.2, 0.25) is 0 Å². The van der Waals surface area contributed by atoms with Gasteiger partial charge in [0.25, 0.3) is 0 Å². The number of benzene rings is 3. The fourth-order valence-electron chi connectivity index (χ4n) is 2.88. The van der Waals surface area contributed by atoms with Crippen LogP contribution in [0.5, 0.6) is 0 Å². The second-order valence-corrected chi connectivity index (χ2v) is 5.27. The molecular weight excluding hydrogens is 260 g/mol. The first-order valence-electron chi connectivity index (χ1n) is 7.08. The summed E-state index contributed by atoms with van der Waals surface area (Å²) in [6.07, 6.45) is 2.49. The highest BCUT2D eigenvalue weighted by Crippen LogP contribution is 2.27. The standard InChI is InChI=1S/C18H14N2O/c21-18-9-10-20(19-18)12-17-15-7-3-1-5-13(15)11-14-6-2-4-8-16(14)17/h1-8,11-12H,9-10H2. The lowest BCUT2D eigenvalue weighted by molar-refractivity contribution is -0.519. The molecule has 3 aromatic rings. The molecule has 3 aromatic carbocycles. The molecule has 1 heterocycles. The maximum Gasteiger partial charge on any atom is 0.204 e. The molecule has 102 valence electrons. The van der Waals surface area contributed by atoms with Gasteiger partial charge in [-0.1, -0.05) is 53.2 Å². The monoisotopic (exact) mass is 274 g/mol. The lowest BCUT2D eigenvalue weighted by atomic mass is 9.97. The molecule has 0 fully saturated rings. The number of rotatable bonds is 1. The summed E-state index contributed by atoms with van der Waals surface area (Å²) in [6, 6.07) is 18.8. The van der Waals surface area contributed by atoms with Crippen molar-refractivity contribution in [1.82, 2.24) is 0 Å². The first-order chi connectivity index (χ1) is 10.3. The molecule has 0 aliphatic carbocycles. The van der Waals surface area contributed by atoms with E-state index >= 15 is 0 Å². The summed E-state index contributed by atoms with van der Waals surface area (Å²) < 4.78 is 1.76. The molecule has 4 rings (SSSR count). The van der Waals surface area contributed by atoms with Crippen LogP contribution in [-0.4, -0.2) is 23.3 Å². The van der Waals surface area contributed by atoms with Gasteiger partial charge in [-0.3, -0.25) is 0 Å². The van der Waals surface area contributed by atoms with Crippen molar-refractivity contribution in [2.75, 3.05) is 6.54 Å². The lowest BCUT2D eigenvalue weighted by Gasteiger charge is -2.06. The maximum absolute atomic E-state index is 11.3. The first-order valence-corrected chi connectivity index (χ1v) is 7.08. The largest absolute Gasteiger partial charge is 0.857 e. The van der Waals surface area contributed by atoms with Gasteiger partial charge in [-0.25, -0.2) is 0 Å². The van der Waals surface area contributed by atoms with Crippen molar-refractivity contribution in [2.45, 2.75) is 6.42 Å². The van der Waals surface area contributed by atoms with Crippen molar-refractivity contribution < 1.29 is 9.79 Å². The molecule has 0 radical (unpaired) electrons. The summed E-state index contributed by atoms with van der Waals surface area (Å²) in [5, 5.41) is 20.2. The first kappa shape index (κ1) is 12.1. The molecule has 1 aliphatic heterocycles. The summed E-state index contributed by atoms with van der Waals surface area (Å²) in [5.41, 5.74) is 1.13. The van der Waals surface area contributed by atoms with E-state index in [1.165, 1.54) is 21.5 Å². The zero-order chi connectivity index (χ0) is 14.2. The van der Waals surface area contributed by atoms with E-state index in [1.807, 2.05) is 30.5 Å². The molecule has 21 heavy (non-hydrogen) atoms. The number of fused-ring (bicyclic) bond motifs is 2. The predicted octanol–water partition coefficient (Wildman–Crippen LogP) is 2.50. The number of hydrogen-bond donors (Lipinski definition) is 0. The highest BCUT2D eigenvalue weighted by Gasteiger charge is 2.14. The molecule has 1 aliphatic rings. The van der Waals surface area contributed by atoms with E-state index in [4.69, 9.17) is 0 Å². The van der Waals surface area contributed by atoms with Gasteiger partial charge in [-0.05, 0) is 32.7 Å². The van der Waals surface area contributed by atoms with E-state index in [9.17, 15) is 5.11 Å². The molecule has 0 unspecified atom stereocenters. The summed E-state index contributed by atoms with van der Waals surface area (Å²) in [5.74, 6) is -0.0456. The highest BCUT2D eigenvalue weighted by molar-refractivity contribution is 6.12. The van der Waals surface area contributed by atoms with Gasteiger partial charge in [0.05, 0.1) is 5.56 Å². The summed E-state index contributed by atoms with van der Waals surface area (Å²) in [6.45, 7) is 0.663. The van der Waals surface area contributed by atoms with Crippen LogP contribution in [0, 0.1) is 0 Å². The summed E-state index contributed by atoms with van der Waals surface area (Å²) >= 11 is 0. The smallest absolute Gasteiger partial charge is 0.204 e. The number of hydrogen-bond acceptors (Lipinski definition) is 2. The zero-order valence-electron chi connectivity index (χ0n) is 11.5. The van der Waals surface area contributed by atoms with E-state index in [1.54, 1.807) is 4.68 Å². The third kappa shape index (κ3) is 2.07. The molecule has 0 atom stereocenters. The lowest BCUT2D eigenvalue weighted by Crippen LogP contribution is -2.13. The fraction of sp³-hybridized carbons (Fsp3) is 0.111. The Balaban J connectivity index is 2.07. The van der Waals surface area contributed by atoms with Crippen LogP contribution in [0.15, 0.2) is 59.7 Å². The average Bonchev–Trinajstić information content (AvgIpc) is 2.92. The van der Waals surface area contributed by atoms with Gasteiger partial charge in [0.1, 0.15) is 0 Å². The number of hydrazone groups is 1. The third-order valence-corrected chi connectivity index (χ3v) is 3.89. The molecule has 0 saturated carbocycles. The summed E-state index contributed by atoms with van der Waals surface area (Å²) in [4.78, 5) is 0. The Morgan fingerprint density at radius 1 is 0.952 bits per heavy atom. The average molecular weight is 274 g/mol. The molecular formula is C18H14N2O. The Kier molecular flexibility index (Phi) is 2.71. The Morgan fingerprint density at radius 2 is 1.57 bits per heavy atom. The molecule has 0 amide bonds. The van der Waals surface area contributed by atoms with Crippen molar-refractivity contribution >= 4 is 33.7 Å². The van der Waals surface area contributed by atoms with E-state index in [0.29, 0.717) is 13.0 Å². The van der Waals surface area contributed by atoms with Crippen molar-refractivity contribution in [3.05, 3.63) is 60.2 Å². The van der Waals surface area contributed by atoms with Crippen LogP contribution in [-0.2, 0) is 0 Å². The quantitative estimate of drug-likeness (QED) is 0.496. The Hall–Kier alpha value is -2.68. The highest BCUT2D eigenvalue weighted by atomic mass is 16.3. The minimum atomic E-state index is -0.0456. The van der Waals surface area contributed by atoms with Crippen LogP contribution < -0.4 is 5.11 Å². The van der Waals surface area contributed by atoms with Gasteiger partial charge in [0.2, 0.25) is 6.21 Å².